The number of ether oxygens (including phenoxy) is 1. The van der Waals surface area contributed by atoms with Gasteiger partial charge in [0.05, 0.1) is 5.56 Å². The Kier molecular flexibility index (Phi) is 3.74. The molecule has 0 amide bonds. The first-order chi connectivity index (χ1) is 9.49. The average Bonchev–Trinajstić information content (AvgIpc) is 2.43. The van der Waals surface area contributed by atoms with Gasteiger partial charge in [-0.2, -0.15) is 0 Å². The van der Waals surface area contributed by atoms with Gasteiger partial charge in [-0.15, -0.1) is 0 Å². The smallest absolute Gasteiger partial charge is 0.338 e. The maximum absolute atomic E-state index is 13.3. The first-order valence-corrected chi connectivity index (χ1v) is 5.64. The summed E-state index contributed by atoms with van der Waals surface area (Å²) < 4.78 is 18.2. The second-order valence-corrected chi connectivity index (χ2v) is 4.03. The average molecular weight is 278 g/mol. The Morgan fingerprint density at radius 3 is 2.30 bits per heavy atom. The molecular formula is C14H11FO5. The SMILES string of the molecule is O=C(OCc1ccccc1F)c1cc(O)c(O)c(O)c1. The number of carbonyl (C=O) groups excluding carboxylic acids is 1. The maximum Gasteiger partial charge on any atom is 0.338 e. The van der Waals surface area contributed by atoms with Gasteiger partial charge in [-0.3, -0.25) is 0 Å². The lowest BCUT2D eigenvalue weighted by Gasteiger charge is -2.07. The van der Waals surface area contributed by atoms with E-state index in [-0.39, 0.29) is 17.7 Å². The Morgan fingerprint density at radius 2 is 1.70 bits per heavy atom. The molecule has 0 aromatic heterocycles. The van der Waals surface area contributed by atoms with Crippen LogP contribution in [0, 0.1) is 5.82 Å². The van der Waals surface area contributed by atoms with Gasteiger partial charge < -0.3 is 20.1 Å². The summed E-state index contributed by atoms with van der Waals surface area (Å²) in [4.78, 5) is 11.7. The van der Waals surface area contributed by atoms with E-state index >= 15 is 0 Å². The van der Waals surface area contributed by atoms with E-state index in [2.05, 4.69) is 0 Å². The number of benzene rings is 2. The molecule has 2 rings (SSSR count). The second kappa shape index (κ2) is 5.48. The minimum atomic E-state index is -0.862. The third-order valence-electron chi connectivity index (χ3n) is 2.62. The monoisotopic (exact) mass is 278 g/mol. The molecule has 0 unspecified atom stereocenters. The summed E-state index contributed by atoms with van der Waals surface area (Å²) in [5.41, 5.74) is 0.0437. The lowest BCUT2D eigenvalue weighted by Crippen LogP contribution is -2.06. The molecule has 0 fully saturated rings. The number of hydrogen-bond donors (Lipinski definition) is 3. The first kappa shape index (κ1) is 13.7. The third-order valence-corrected chi connectivity index (χ3v) is 2.62. The van der Waals surface area contributed by atoms with E-state index in [9.17, 15) is 19.4 Å². The Bertz CT molecular complexity index is 631. The Hall–Kier alpha value is -2.76. The molecule has 104 valence electrons. The van der Waals surface area contributed by atoms with E-state index in [0.29, 0.717) is 0 Å². The van der Waals surface area contributed by atoms with Crippen LogP contribution in [0.4, 0.5) is 4.39 Å². The molecule has 0 saturated heterocycles. The molecule has 20 heavy (non-hydrogen) atoms. The van der Waals surface area contributed by atoms with Crippen LogP contribution in [-0.4, -0.2) is 21.3 Å². The molecule has 6 heteroatoms. The molecule has 0 aliphatic heterocycles. The van der Waals surface area contributed by atoms with Gasteiger partial charge in [0.15, 0.2) is 17.2 Å². The molecule has 0 spiro atoms. The number of esters is 1. The largest absolute Gasteiger partial charge is 0.504 e. The lowest BCUT2D eigenvalue weighted by molar-refractivity contribution is 0.0468. The highest BCUT2D eigenvalue weighted by Crippen LogP contribution is 2.35. The topological polar surface area (TPSA) is 87.0 Å². The zero-order valence-electron chi connectivity index (χ0n) is 10.2. The number of phenols is 3. The molecule has 0 saturated carbocycles. The predicted molar refractivity (Wildman–Crippen MR) is 67.0 cm³/mol. The quantitative estimate of drug-likeness (QED) is 0.592. The van der Waals surface area contributed by atoms with Gasteiger partial charge in [-0.25, -0.2) is 9.18 Å². The lowest BCUT2D eigenvalue weighted by atomic mass is 10.2. The fourth-order valence-corrected chi connectivity index (χ4v) is 1.56. The Balaban J connectivity index is 2.11. The Morgan fingerprint density at radius 1 is 1.10 bits per heavy atom. The summed E-state index contributed by atoms with van der Waals surface area (Å²) in [7, 11) is 0. The van der Waals surface area contributed by atoms with Crippen LogP contribution in [0.5, 0.6) is 17.2 Å². The number of halogens is 1. The van der Waals surface area contributed by atoms with Crippen LogP contribution in [-0.2, 0) is 11.3 Å². The Labute approximate surface area is 113 Å². The fraction of sp³-hybridized carbons (Fsp3) is 0.0714. The van der Waals surface area contributed by atoms with Crippen molar-refractivity contribution in [3.63, 3.8) is 0 Å². The van der Waals surface area contributed by atoms with Crippen molar-refractivity contribution in [3.05, 3.63) is 53.3 Å². The molecular weight excluding hydrogens is 267 g/mol. The standard InChI is InChI=1S/C14H11FO5/c15-10-4-2-1-3-8(10)7-20-14(19)9-5-11(16)13(18)12(17)6-9/h1-6,16-18H,7H2. The van der Waals surface area contributed by atoms with E-state index in [1.54, 1.807) is 6.07 Å². The van der Waals surface area contributed by atoms with Crippen LogP contribution in [0.25, 0.3) is 0 Å². The highest BCUT2D eigenvalue weighted by atomic mass is 19.1. The van der Waals surface area contributed by atoms with Crippen LogP contribution in [0.2, 0.25) is 0 Å². The number of aromatic hydroxyl groups is 3. The normalized spacial score (nSPS) is 10.2. The van der Waals surface area contributed by atoms with Gasteiger partial charge in [-0.05, 0) is 18.2 Å². The highest BCUT2D eigenvalue weighted by molar-refractivity contribution is 5.91. The van der Waals surface area contributed by atoms with E-state index < -0.39 is 29.0 Å². The second-order valence-electron chi connectivity index (χ2n) is 4.03. The van der Waals surface area contributed by atoms with E-state index in [1.807, 2.05) is 0 Å². The number of hydrogen-bond acceptors (Lipinski definition) is 5. The van der Waals surface area contributed by atoms with Crippen LogP contribution in [0.1, 0.15) is 15.9 Å². The van der Waals surface area contributed by atoms with Crippen molar-refractivity contribution in [2.24, 2.45) is 0 Å². The minimum Gasteiger partial charge on any atom is -0.504 e. The van der Waals surface area contributed by atoms with Crippen molar-refractivity contribution in [3.8, 4) is 17.2 Å². The fourth-order valence-electron chi connectivity index (χ4n) is 1.56. The molecule has 2 aromatic rings. The summed E-state index contributed by atoms with van der Waals surface area (Å²) in [5.74, 6) is -3.39. The van der Waals surface area contributed by atoms with Crippen LogP contribution in [0.3, 0.4) is 0 Å². The van der Waals surface area contributed by atoms with Gasteiger partial charge >= 0.3 is 5.97 Å². The van der Waals surface area contributed by atoms with Gasteiger partial charge in [0, 0.05) is 5.56 Å². The molecule has 0 aliphatic carbocycles. The van der Waals surface area contributed by atoms with Crippen molar-refractivity contribution in [2.75, 3.05) is 0 Å². The molecule has 0 radical (unpaired) electrons. The van der Waals surface area contributed by atoms with Crippen LogP contribution in [0.15, 0.2) is 36.4 Å². The van der Waals surface area contributed by atoms with Crippen molar-refractivity contribution >= 4 is 5.97 Å². The van der Waals surface area contributed by atoms with E-state index in [1.165, 1.54) is 18.2 Å². The first-order valence-electron chi connectivity index (χ1n) is 5.64. The number of phenolic OH excluding ortho intramolecular Hbond substituents is 3. The molecule has 3 N–H and O–H groups in total. The molecule has 2 aromatic carbocycles. The van der Waals surface area contributed by atoms with Gasteiger partial charge in [0.2, 0.25) is 0 Å². The number of carbonyl (C=O) groups is 1. The van der Waals surface area contributed by atoms with Crippen LogP contribution >= 0.6 is 0 Å². The van der Waals surface area contributed by atoms with Gasteiger partial charge in [0.1, 0.15) is 12.4 Å². The molecule has 0 aliphatic rings. The van der Waals surface area contributed by atoms with Crippen LogP contribution < -0.4 is 0 Å². The summed E-state index contributed by atoms with van der Waals surface area (Å²) in [6.07, 6.45) is 0. The summed E-state index contributed by atoms with van der Waals surface area (Å²) in [5, 5.41) is 27.7. The summed E-state index contributed by atoms with van der Waals surface area (Å²) in [6, 6.07) is 7.70. The van der Waals surface area contributed by atoms with E-state index in [0.717, 1.165) is 12.1 Å². The zero-order valence-corrected chi connectivity index (χ0v) is 10.2. The highest BCUT2D eigenvalue weighted by Gasteiger charge is 2.15. The van der Waals surface area contributed by atoms with Gasteiger partial charge in [-0.1, -0.05) is 18.2 Å². The third kappa shape index (κ3) is 2.80. The van der Waals surface area contributed by atoms with E-state index in [4.69, 9.17) is 9.84 Å². The maximum atomic E-state index is 13.3. The molecule has 0 bridgehead atoms. The summed E-state index contributed by atoms with van der Waals surface area (Å²) in [6.45, 7) is -0.284. The predicted octanol–water partition coefficient (Wildman–Crippen LogP) is 2.30. The zero-order chi connectivity index (χ0) is 14.7. The summed E-state index contributed by atoms with van der Waals surface area (Å²) >= 11 is 0. The molecule has 5 nitrogen and oxygen atoms in total. The molecule has 0 heterocycles. The molecule has 0 atom stereocenters. The van der Waals surface area contributed by atoms with Crippen molar-refractivity contribution < 1.29 is 29.2 Å². The minimum absolute atomic E-state index is 0.158. The number of rotatable bonds is 3. The van der Waals surface area contributed by atoms with Gasteiger partial charge in [0.25, 0.3) is 0 Å². The van der Waals surface area contributed by atoms with Crippen molar-refractivity contribution in [2.45, 2.75) is 6.61 Å². The van der Waals surface area contributed by atoms with Crippen molar-refractivity contribution in [1.82, 2.24) is 0 Å². The van der Waals surface area contributed by atoms with Crippen molar-refractivity contribution in [1.29, 1.82) is 0 Å².